The number of hydrogen-bond donors (Lipinski definition) is 2. The largest absolute Gasteiger partial charge is 0.352 e. The molecule has 2 aromatic carbocycles. The average molecular weight is 434 g/mol. The molecule has 8 heteroatoms. The Morgan fingerprint density at radius 2 is 2.03 bits per heavy atom. The van der Waals surface area contributed by atoms with Gasteiger partial charge >= 0.3 is 0 Å². The number of para-hydroxylation sites is 1. The normalized spacial score (nSPS) is 10.3. The summed E-state index contributed by atoms with van der Waals surface area (Å²) in [5, 5.41) is 15.5. The smallest absolute Gasteiger partial charge is 0.251 e. The van der Waals surface area contributed by atoms with Crippen LogP contribution in [0, 0.1) is 11.3 Å². The first kappa shape index (κ1) is 22.1. The number of anilines is 1. The second-order valence-corrected chi connectivity index (χ2v) is 7.68. The Kier molecular flexibility index (Phi) is 7.85. The van der Waals surface area contributed by atoms with Gasteiger partial charge in [-0.3, -0.25) is 14.2 Å². The minimum atomic E-state index is -0.230. The summed E-state index contributed by atoms with van der Waals surface area (Å²) in [6.07, 6.45) is 5.40. The molecule has 31 heavy (non-hydrogen) atoms. The molecule has 7 nitrogen and oxygen atoms in total. The molecule has 0 aliphatic carbocycles. The van der Waals surface area contributed by atoms with Gasteiger partial charge in [-0.15, -0.1) is 0 Å². The van der Waals surface area contributed by atoms with Crippen LogP contribution < -0.4 is 10.6 Å². The molecule has 0 aliphatic heterocycles. The number of nitriles is 1. The lowest BCUT2D eigenvalue weighted by Gasteiger charge is -2.10. The number of carbonyl (C=O) groups is 2. The number of rotatable bonds is 9. The van der Waals surface area contributed by atoms with E-state index in [2.05, 4.69) is 28.6 Å². The fraction of sp³-hybridized carbons (Fsp3) is 0.217. The van der Waals surface area contributed by atoms with Crippen LogP contribution in [-0.2, 0) is 4.79 Å². The van der Waals surface area contributed by atoms with Crippen LogP contribution in [0.2, 0.25) is 0 Å². The van der Waals surface area contributed by atoms with Crippen molar-refractivity contribution in [2.75, 3.05) is 17.6 Å². The molecule has 0 radical (unpaired) electrons. The van der Waals surface area contributed by atoms with E-state index in [1.807, 2.05) is 16.7 Å². The predicted octanol–water partition coefficient (Wildman–Crippen LogP) is 4.00. The van der Waals surface area contributed by atoms with E-state index in [0.717, 1.165) is 18.5 Å². The molecule has 2 amide bonds. The molecule has 0 fully saturated rings. The highest BCUT2D eigenvalue weighted by atomic mass is 32.2. The van der Waals surface area contributed by atoms with E-state index in [9.17, 15) is 9.59 Å². The van der Waals surface area contributed by atoms with E-state index in [1.54, 1.807) is 48.8 Å². The molecule has 0 spiro atoms. The van der Waals surface area contributed by atoms with Crippen LogP contribution in [0.4, 0.5) is 5.69 Å². The Morgan fingerprint density at radius 3 is 2.84 bits per heavy atom. The van der Waals surface area contributed by atoms with Crippen LogP contribution in [0.15, 0.2) is 66.1 Å². The Morgan fingerprint density at radius 1 is 1.19 bits per heavy atom. The van der Waals surface area contributed by atoms with Crippen molar-refractivity contribution >= 4 is 29.3 Å². The summed E-state index contributed by atoms with van der Waals surface area (Å²) in [6, 6.07) is 16.2. The summed E-state index contributed by atoms with van der Waals surface area (Å²) in [7, 11) is 0. The molecule has 1 heterocycles. The topological polar surface area (TPSA) is 99.8 Å². The maximum atomic E-state index is 12.4. The number of hydrogen-bond acceptors (Lipinski definition) is 5. The van der Waals surface area contributed by atoms with Gasteiger partial charge in [0, 0.05) is 30.2 Å². The van der Waals surface area contributed by atoms with Crippen LogP contribution >= 0.6 is 11.8 Å². The lowest BCUT2D eigenvalue weighted by Crippen LogP contribution is -2.24. The van der Waals surface area contributed by atoms with Crippen molar-refractivity contribution in [1.29, 1.82) is 5.26 Å². The SMILES string of the molecule is CCCCNC(=O)c1cccc(-n2ccnc2SCC(=O)Nc2ccccc2C#N)c1. The Balaban J connectivity index is 1.66. The molecule has 0 atom stereocenters. The van der Waals surface area contributed by atoms with Crippen LogP contribution in [0.3, 0.4) is 0 Å². The zero-order valence-corrected chi connectivity index (χ0v) is 18.0. The first-order chi connectivity index (χ1) is 15.1. The highest BCUT2D eigenvalue weighted by Gasteiger charge is 2.12. The maximum absolute atomic E-state index is 12.4. The lowest BCUT2D eigenvalue weighted by molar-refractivity contribution is -0.113. The Bertz CT molecular complexity index is 1100. The van der Waals surface area contributed by atoms with Crippen molar-refractivity contribution in [2.24, 2.45) is 0 Å². The van der Waals surface area contributed by atoms with Gasteiger partial charge in [0.15, 0.2) is 5.16 Å². The second kappa shape index (κ2) is 11.0. The van der Waals surface area contributed by atoms with Crippen LogP contribution in [0.5, 0.6) is 0 Å². The number of carbonyl (C=O) groups excluding carboxylic acids is 2. The third-order valence-corrected chi connectivity index (χ3v) is 5.43. The Labute approximate surface area is 185 Å². The van der Waals surface area contributed by atoms with E-state index in [4.69, 9.17) is 5.26 Å². The third kappa shape index (κ3) is 5.96. The predicted molar refractivity (Wildman–Crippen MR) is 121 cm³/mol. The van der Waals surface area contributed by atoms with Gasteiger partial charge in [-0.1, -0.05) is 43.3 Å². The molecule has 0 saturated heterocycles. The van der Waals surface area contributed by atoms with Crippen molar-refractivity contribution in [3.8, 4) is 11.8 Å². The van der Waals surface area contributed by atoms with Gasteiger partial charge in [0.2, 0.25) is 5.91 Å². The number of nitrogens with one attached hydrogen (secondary N) is 2. The Hall–Kier alpha value is -3.57. The summed E-state index contributed by atoms with van der Waals surface area (Å²) in [4.78, 5) is 29.0. The van der Waals surface area contributed by atoms with E-state index >= 15 is 0 Å². The summed E-state index contributed by atoms with van der Waals surface area (Å²) in [6.45, 7) is 2.73. The molecule has 0 bridgehead atoms. The van der Waals surface area contributed by atoms with E-state index in [-0.39, 0.29) is 17.6 Å². The number of thioether (sulfide) groups is 1. The van der Waals surface area contributed by atoms with Gasteiger partial charge in [-0.2, -0.15) is 5.26 Å². The molecule has 158 valence electrons. The fourth-order valence-electron chi connectivity index (χ4n) is 2.88. The van der Waals surface area contributed by atoms with Gasteiger partial charge < -0.3 is 10.6 Å². The number of aromatic nitrogens is 2. The summed E-state index contributed by atoms with van der Waals surface area (Å²) in [5.74, 6) is -0.208. The highest BCUT2D eigenvalue weighted by molar-refractivity contribution is 7.99. The molecule has 0 aliphatic rings. The van der Waals surface area contributed by atoms with Crippen molar-refractivity contribution in [1.82, 2.24) is 14.9 Å². The first-order valence-electron chi connectivity index (χ1n) is 9.96. The molecular weight excluding hydrogens is 410 g/mol. The molecule has 3 rings (SSSR count). The van der Waals surface area contributed by atoms with Crippen LogP contribution in [-0.4, -0.2) is 33.7 Å². The van der Waals surface area contributed by atoms with Crippen molar-refractivity contribution in [2.45, 2.75) is 24.9 Å². The van der Waals surface area contributed by atoms with Crippen molar-refractivity contribution in [3.63, 3.8) is 0 Å². The van der Waals surface area contributed by atoms with E-state index in [1.165, 1.54) is 11.8 Å². The summed E-state index contributed by atoms with van der Waals surface area (Å²) in [5.41, 5.74) is 2.26. The quantitative estimate of drug-likeness (QED) is 0.392. The molecule has 3 aromatic rings. The number of nitrogens with zero attached hydrogens (tertiary/aromatic N) is 3. The van der Waals surface area contributed by atoms with Gasteiger partial charge in [0.1, 0.15) is 6.07 Å². The first-order valence-corrected chi connectivity index (χ1v) is 10.9. The minimum Gasteiger partial charge on any atom is -0.352 e. The second-order valence-electron chi connectivity index (χ2n) is 6.73. The van der Waals surface area contributed by atoms with Gasteiger partial charge in [-0.25, -0.2) is 4.98 Å². The standard InChI is InChI=1S/C23H23N5O2S/c1-2-3-11-25-22(30)17-8-6-9-19(14-17)28-13-12-26-23(28)31-16-21(29)27-20-10-5-4-7-18(20)15-24/h4-10,12-14H,2-3,11,16H2,1H3,(H,25,30)(H,27,29). The lowest BCUT2D eigenvalue weighted by atomic mass is 10.2. The van der Waals surface area contributed by atoms with Crippen LogP contribution in [0.1, 0.15) is 35.7 Å². The fourth-order valence-corrected chi connectivity index (χ4v) is 3.65. The monoisotopic (exact) mass is 433 g/mol. The van der Waals surface area contributed by atoms with E-state index in [0.29, 0.717) is 28.5 Å². The number of imidazole rings is 1. The third-order valence-electron chi connectivity index (χ3n) is 4.46. The molecule has 2 N–H and O–H groups in total. The zero-order valence-electron chi connectivity index (χ0n) is 17.2. The van der Waals surface area contributed by atoms with Crippen molar-refractivity contribution < 1.29 is 9.59 Å². The van der Waals surface area contributed by atoms with Gasteiger partial charge in [0.05, 0.1) is 17.0 Å². The van der Waals surface area contributed by atoms with Gasteiger partial charge in [0.25, 0.3) is 5.91 Å². The zero-order chi connectivity index (χ0) is 22.1. The number of amides is 2. The number of unbranched alkanes of at least 4 members (excludes halogenated alkanes) is 1. The molecular formula is C23H23N5O2S. The summed E-state index contributed by atoms with van der Waals surface area (Å²) < 4.78 is 1.84. The van der Waals surface area contributed by atoms with E-state index < -0.39 is 0 Å². The van der Waals surface area contributed by atoms with Gasteiger partial charge in [-0.05, 0) is 36.8 Å². The molecule has 0 unspecified atom stereocenters. The number of benzene rings is 2. The minimum absolute atomic E-state index is 0.111. The summed E-state index contributed by atoms with van der Waals surface area (Å²) >= 11 is 1.28. The molecule has 1 aromatic heterocycles. The maximum Gasteiger partial charge on any atom is 0.251 e. The van der Waals surface area contributed by atoms with Crippen molar-refractivity contribution in [3.05, 3.63) is 72.1 Å². The average Bonchev–Trinajstić information content (AvgIpc) is 3.27. The molecule has 0 saturated carbocycles. The highest BCUT2D eigenvalue weighted by Crippen LogP contribution is 2.22. The van der Waals surface area contributed by atoms with Crippen LogP contribution in [0.25, 0.3) is 5.69 Å².